The Labute approximate surface area is 153 Å². The molecule has 0 saturated heterocycles. The fourth-order valence-corrected chi connectivity index (χ4v) is 2.66. The molecular formula is C19H23ClN2O3. The third-order valence-corrected chi connectivity index (χ3v) is 4.08. The van der Waals surface area contributed by atoms with Gasteiger partial charge in [-0.15, -0.1) is 0 Å². The molecule has 0 fully saturated rings. The quantitative estimate of drug-likeness (QED) is 0.783. The molecule has 0 aliphatic heterocycles. The minimum absolute atomic E-state index is 0.125. The molecule has 2 aromatic rings. The third-order valence-electron chi connectivity index (χ3n) is 3.84. The number of carbonyl (C=O) groups is 1. The molecule has 0 spiro atoms. The van der Waals surface area contributed by atoms with Crippen LogP contribution in [0, 0.1) is 0 Å². The molecule has 0 aliphatic carbocycles. The first-order chi connectivity index (χ1) is 12.0. The highest BCUT2D eigenvalue weighted by atomic mass is 35.5. The average molecular weight is 363 g/mol. The van der Waals surface area contributed by atoms with E-state index in [-0.39, 0.29) is 12.1 Å². The largest absolute Gasteiger partial charge is 0.493 e. The minimum Gasteiger partial charge on any atom is -0.493 e. The monoisotopic (exact) mass is 362 g/mol. The Morgan fingerprint density at radius 3 is 2.56 bits per heavy atom. The molecule has 2 aromatic carbocycles. The van der Waals surface area contributed by atoms with Crippen LogP contribution in [0.2, 0.25) is 5.02 Å². The molecule has 1 atom stereocenters. The van der Waals surface area contributed by atoms with Crippen LogP contribution in [0.3, 0.4) is 0 Å². The maximum absolute atomic E-state index is 12.0. The van der Waals surface area contributed by atoms with Crippen molar-refractivity contribution in [1.29, 1.82) is 0 Å². The fourth-order valence-electron chi connectivity index (χ4n) is 2.46. The van der Waals surface area contributed by atoms with Gasteiger partial charge in [-0.3, -0.25) is 0 Å². The molecular weight excluding hydrogens is 340 g/mol. The van der Waals surface area contributed by atoms with Crippen LogP contribution in [-0.2, 0) is 6.42 Å². The van der Waals surface area contributed by atoms with E-state index in [1.807, 2.05) is 43.3 Å². The van der Waals surface area contributed by atoms with Crippen LogP contribution in [0.1, 0.15) is 24.1 Å². The van der Waals surface area contributed by atoms with Gasteiger partial charge in [0.05, 0.1) is 20.3 Å². The Hall–Kier alpha value is -2.40. The Kier molecular flexibility index (Phi) is 6.95. The summed E-state index contributed by atoms with van der Waals surface area (Å²) in [6, 6.07) is 12.8. The molecule has 2 rings (SSSR count). The summed E-state index contributed by atoms with van der Waals surface area (Å²) in [7, 11) is 3.20. The van der Waals surface area contributed by atoms with E-state index in [9.17, 15) is 4.79 Å². The van der Waals surface area contributed by atoms with Crippen LogP contribution in [0.4, 0.5) is 4.79 Å². The van der Waals surface area contributed by atoms with Crippen molar-refractivity contribution >= 4 is 17.6 Å². The van der Waals surface area contributed by atoms with Gasteiger partial charge in [0.15, 0.2) is 11.5 Å². The Morgan fingerprint density at radius 2 is 1.88 bits per heavy atom. The highest BCUT2D eigenvalue weighted by molar-refractivity contribution is 6.30. The second-order valence-corrected chi connectivity index (χ2v) is 6.05. The number of hydrogen-bond donors (Lipinski definition) is 2. The number of carbonyl (C=O) groups excluding carboxylic acids is 1. The normalized spacial score (nSPS) is 11.5. The summed E-state index contributed by atoms with van der Waals surface area (Å²) in [5.74, 6) is 1.37. The molecule has 0 unspecified atom stereocenters. The summed E-state index contributed by atoms with van der Waals surface area (Å²) >= 11 is 5.98. The number of methoxy groups -OCH3 is 2. The zero-order valence-corrected chi connectivity index (χ0v) is 15.4. The molecule has 0 aliphatic rings. The van der Waals surface area contributed by atoms with E-state index < -0.39 is 0 Å². The van der Waals surface area contributed by atoms with E-state index in [0.717, 1.165) is 11.1 Å². The highest BCUT2D eigenvalue weighted by Crippen LogP contribution is 2.27. The molecule has 0 aromatic heterocycles. The first-order valence-corrected chi connectivity index (χ1v) is 8.42. The van der Waals surface area contributed by atoms with Gasteiger partial charge in [0.1, 0.15) is 0 Å². The number of amides is 2. The van der Waals surface area contributed by atoms with Crippen molar-refractivity contribution < 1.29 is 14.3 Å². The number of halogens is 1. The van der Waals surface area contributed by atoms with Crippen molar-refractivity contribution in [2.45, 2.75) is 19.4 Å². The number of nitrogens with one attached hydrogen (secondary N) is 2. The summed E-state index contributed by atoms with van der Waals surface area (Å²) in [6.45, 7) is 2.43. The van der Waals surface area contributed by atoms with E-state index in [1.165, 1.54) is 0 Å². The number of benzene rings is 2. The van der Waals surface area contributed by atoms with E-state index in [0.29, 0.717) is 29.5 Å². The van der Waals surface area contributed by atoms with Crippen LogP contribution < -0.4 is 20.1 Å². The second kappa shape index (κ2) is 9.18. The summed E-state index contributed by atoms with van der Waals surface area (Å²) in [5.41, 5.74) is 2.02. The molecule has 0 radical (unpaired) electrons. The minimum atomic E-state index is -0.215. The van der Waals surface area contributed by atoms with Crippen molar-refractivity contribution in [3.8, 4) is 11.5 Å². The Balaban J connectivity index is 1.82. The second-order valence-electron chi connectivity index (χ2n) is 5.62. The van der Waals surface area contributed by atoms with E-state index in [2.05, 4.69) is 10.6 Å². The number of rotatable bonds is 7. The van der Waals surface area contributed by atoms with Gasteiger partial charge in [0.2, 0.25) is 0 Å². The van der Waals surface area contributed by atoms with Crippen LogP contribution in [0.5, 0.6) is 11.5 Å². The van der Waals surface area contributed by atoms with E-state index in [1.54, 1.807) is 20.3 Å². The molecule has 5 nitrogen and oxygen atoms in total. The van der Waals surface area contributed by atoms with Gasteiger partial charge >= 0.3 is 6.03 Å². The van der Waals surface area contributed by atoms with Gasteiger partial charge in [0.25, 0.3) is 0 Å². The molecule has 2 amide bonds. The zero-order valence-electron chi connectivity index (χ0n) is 14.6. The first kappa shape index (κ1) is 18.9. The lowest BCUT2D eigenvalue weighted by Crippen LogP contribution is -2.38. The Morgan fingerprint density at radius 1 is 1.12 bits per heavy atom. The van der Waals surface area contributed by atoms with E-state index >= 15 is 0 Å². The first-order valence-electron chi connectivity index (χ1n) is 8.04. The lowest BCUT2D eigenvalue weighted by atomic mass is 10.1. The topological polar surface area (TPSA) is 59.6 Å². The van der Waals surface area contributed by atoms with Gasteiger partial charge in [0, 0.05) is 11.6 Å². The van der Waals surface area contributed by atoms with Gasteiger partial charge in [-0.1, -0.05) is 29.8 Å². The number of ether oxygens (including phenoxy) is 2. The molecule has 2 N–H and O–H groups in total. The molecule has 6 heteroatoms. The standard InChI is InChI=1S/C19H23ClN2O3/c1-13(15-5-4-6-16(20)12-15)22-19(23)21-10-9-14-7-8-17(24-2)18(11-14)25-3/h4-8,11-13H,9-10H2,1-3H3,(H2,21,22,23)/t13-/m1/s1. The maximum Gasteiger partial charge on any atom is 0.315 e. The van der Waals surface area contributed by atoms with Gasteiger partial charge in [-0.05, 0) is 48.7 Å². The lowest BCUT2D eigenvalue weighted by molar-refractivity contribution is 0.238. The van der Waals surface area contributed by atoms with Crippen LogP contribution in [-0.4, -0.2) is 26.8 Å². The molecule has 0 heterocycles. The molecule has 25 heavy (non-hydrogen) atoms. The van der Waals surface area contributed by atoms with Crippen molar-refractivity contribution in [2.75, 3.05) is 20.8 Å². The van der Waals surface area contributed by atoms with Gasteiger partial charge in [-0.2, -0.15) is 0 Å². The van der Waals surface area contributed by atoms with Crippen LogP contribution >= 0.6 is 11.6 Å². The smallest absolute Gasteiger partial charge is 0.315 e. The third kappa shape index (κ3) is 5.57. The van der Waals surface area contributed by atoms with Crippen LogP contribution in [0.25, 0.3) is 0 Å². The Bertz CT molecular complexity index is 722. The predicted octanol–water partition coefficient (Wildman–Crippen LogP) is 3.96. The summed E-state index contributed by atoms with van der Waals surface area (Å²) in [6.07, 6.45) is 0.694. The molecule has 0 bridgehead atoms. The fraction of sp³-hybridized carbons (Fsp3) is 0.316. The summed E-state index contributed by atoms with van der Waals surface area (Å²) in [4.78, 5) is 12.0. The molecule has 0 saturated carbocycles. The van der Waals surface area contributed by atoms with Crippen LogP contribution in [0.15, 0.2) is 42.5 Å². The zero-order chi connectivity index (χ0) is 18.2. The maximum atomic E-state index is 12.0. The summed E-state index contributed by atoms with van der Waals surface area (Å²) < 4.78 is 10.5. The number of hydrogen-bond acceptors (Lipinski definition) is 3. The molecule has 134 valence electrons. The SMILES string of the molecule is COc1ccc(CCNC(=O)N[C@H](C)c2cccc(Cl)c2)cc1OC. The van der Waals surface area contributed by atoms with Gasteiger partial charge in [-0.25, -0.2) is 4.79 Å². The lowest BCUT2D eigenvalue weighted by Gasteiger charge is -2.15. The number of urea groups is 1. The van der Waals surface area contributed by atoms with Crippen molar-refractivity contribution in [3.63, 3.8) is 0 Å². The average Bonchev–Trinajstić information content (AvgIpc) is 2.61. The predicted molar refractivity (Wildman–Crippen MR) is 99.7 cm³/mol. The van der Waals surface area contributed by atoms with Crippen molar-refractivity contribution in [2.24, 2.45) is 0 Å². The van der Waals surface area contributed by atoms with Gasteiger partial charge < -0.3 is 20.1 Å². The summed E-state index contributed by atoms with van der Waals surface area (Å²) in [5, 5.41) is 6.41. The van der Waals surface area contributed by atoms with Crippen molar-refractivity contribution in [3.05, 3.63) is 58.6 Å². The highest BCUT2D eigenvalue weighted by Gasteiger charge is 2.10. The van der Waals surface area contributed by atoms with Crippen molar-refractivity contribution in [1.82, 2.24) is 10.6 Å². The van der Waals surface area contributed by atoms with E-state index in [4.69, 9.17) is 21.1 Å².